The third kappa shape index (κ3) is 4.94. The fraction of sp³-hybridized carbons (Fsp3) is 0.200. The third-order valence-electron chi connectivity index (χ3n) is 4.16. The molecule has 0 aliphatic heterocycles. The van der Waals surface area contributed by atoms with E-state index < -0.39 is 15.9 Å². The molecule has 3 N–H and O–H groups in total. The maximum Gasteiger partial charge on any atom is 0.279 e. The largest absolute Gasteiger partial charge is 0.494 e. The molecule has 3 rings (SSSR count). The maximum absolute atomic E-state index is 12.7. The molecule has 0 unspecified atom stereocenters. The molecular weight excluding hydrogens is 392 g/mol. The smallest absolute Gasteiger partial charge is 0.279 e. The van der Waals surface area contributed by atoms with Gasteiger partial charge in [0.05, 0.1) is 18.4 Å². The zero-order valence-corrected chi connectivity index (χ0v) is 16.9. The molecule has 0 bridgehead atoms. The minimum absolute atomic E-state index is 0.0806. The van der Waals surface area contributed by atoms with Gasteiger partial charge in [-0.25, -0.2) is 0 Å². The number of hydrogen-bond donors (Lipinski definition) is 3. The van der Waals surface area contributed by atoms with Crippen LogP contribution in [-0.2, 0) is 16.4 Å². The monoisotopic (exact) mass is 414 g/mol. The molecule has 3 aromatic rings. The van der Waals surface area contributed by atoms with Crippen molar-refractivity contribution in [1.82, 2.24) is 10.2 Å². The lowest BCUT2D eigenvalue weighted by atomic mass is 10.1. The molecule has 2 aromatic carbocycles. The summed E-state index contributed by atoms with van der Waals surface area (Å²) < 4.78 is 33.3. The Morgan fingerprint density at radius 3 is 2.31 bits per heavy atom. The zero-order chi connectivity index (χ0) is 20.9. The van der Waals surface area contributed by atoms with Crippen molar-refractivity contribution in [2.24, 2.45) is 0 Å². The van der Waals surface area contributed by atoms with Crippen LogP contribution in [0.3, 0.4) is 0 Å². The van der Waals surface area contributed by atoms with Gasteiger partial charge >= 0.3 is 0 Å². The second-order valence-corrected chi connectivity index (χ2v) is 7.80. The lowest BCUT2D eigenvalue weighted by Gasteiger charge is -2.10. The molecule has 0 saturated carbocycles. The first-order chi connectivity index (χ1) is 13.9. The van der Waals surface area contributed by atoms with E-state index >= 15 is 0 Å². The molecule has 29 heavy (non-hydrogen) atoms. The molecule has 1 amide bonds. The Bertz CT molecular complexity index is 1070. The number of nitrogens with one attached hydrogen (secondary N) is 3. The van der Waals surface area contributed by atoms with Gasteiger partial charge in [-0.05, 0) is 55.3 Å². The molecule has 0 saturated heterocycles. The van der Waals surface area contributed by atoms with E-state index in [-0.39, 0.29) is 10.6 Å². The van der Waals surface area contributed by atoms with Gasteiger partial charge in [0.2, 0.25) is 0 Å². The molecule has 1 heterocycles. The second-order valence-electron chi connectivity index (χ2n) is 6.18. The van der Waals surface area contributed by atoms with E-state index in [9.17, 15) is 13.2 Å². The number of H-pyrrole nitrogens is 1. The number of aromatic nitrogens is 2. The molecule has 0 spiro atoms. The van der Waals surface area contributed by atoms with Crippen LogP contribution in [0.4, 0.5) is 11.4 Å². The Labute approximate surface area is 169 Å². The lowest BCUT2D eigenvalue weighted by molar-refractivity contribution is 0.102. The first-order valence-corrected chi connectivity index (χ1v) is 10.6. The van der Waals surface area contributed by atoms with Gasteiger partial charge in [0.1, 0.15) is 5.75 Å². The highest BCUT2D eigenvalue weighted by molar-refractivity contribution is 7.92. The Kier molecular flexibility index (Phi) is 6.18. The van der Waals surface area contributed by atoms with E-state index in [1.165, 1.54) is 6.20 Å². The van der Waals surface area contributed by atoms with E-state index in [0.717, 1.165) is 12.0 Å². The minimum atomic E-state index is -4.04. The fourth-order valence-corrected chi connectivity index (χ4v) is 3.81. The number of carbonyl (C=O) groups excluding carboxylic acids is 1. The predicted octanol–water partition coefficient (Wildman–Crippen LogP) is 3.42. The van der Waals surface area contributed by atoms with Gasteiger partial charge in [-0.2, -0.15) is 13.5 Å². The summed E-state index contributed by atoms with van der Waals surface area (Å²) in [5.74, 6) is 0.0567. The van der Waals surface area contributed by atoms with Crippen LogP contribution >= 0.6 is 0 Å². The van der Waals surface area contributed by atoms with E-state index in [4.69, 9.17) is 4.74 Å². The number of nitrogens with zero attached hydrogens (tertiary/aromatic N) is 1. The summed E-state index contributed by atoms with van der Waals surface area (Å²) in [4.78, 5) is 12.6. The Hall–Kier alpha value is -3.33. The van der Waals surface area contributed by atoms with Crippen LogP contribution in [0.5, 0.6) is 5.75 Å². The van der Waals surface area contributed by atoms with Crippen LogP contribution in [0.1, 0.15) is 29.8 Å². The van der Waals surface area contributed by atoms with E-state index in [1.807, 2.05) is 26.0 Å². The van der Waals surface area contributed by atoms with Crippen LogP contribution in [0, 0.1) is 0 Å². The standard InChI is InChI=1S/C20H22N4O4S/c1-3-14-5-7-15(8-6-14)22-19(25)18-13-21-23-20(18)29(26,27)24-16-9-11-17(12-10-16)28-4-2/h5-13,24H,3-4H2,1-2H3,(H,21,23)(H,22,25). The number of sulfonamides is 1. The van der Waals surface area contributed by atoms with Crippen molar-refractivity contribution < 1.29 is 17.9 Å². The summed E-state index contributed by atoms with van der Waals surface area (Å²) in [7, 11) is -4.04. The summed E-state index contributed by atoms with van der Waals surface area (Å²) >= 11 is 0. The van der Waals surface area contributed by atoms with Gasteiger partial charge in [0.15, 0.2) is 5.03 Å². The molecular formula is C20H22N4O4S. The van der Waals surface area contributed by atoms with Crippen molar-refractivity contribution in [3.8, 4) is 5.75 Å². The number of aromatic amines is 1. The molecule has 1 aromatic heterocycles. The van der Waals surface area contributed by atoms with Gasteiger partial charge in [0, 0.05) is 11.4 Å². The lowest BCUT2D eigenvalue weighted by Crippen LogP contribution is -2.19. The topological polar surface area (TPSA) is 113 Å². The third-order valence-corrected chi connectivity index (χ3v) is 5.51. The summed E-state index contributed by atoms with van der Waals surface area (Å²) in [5, 5.41) is 8.51. The van der Waals surface area contributed by atoms with Crippen LogP contribution in [0.2, 0.25) is 0 Å². The van der Waals surface area contributed by atoms with Crippen molar-refractivity contribution in [2.45, 2.75) is 25.3 Å². The second kappa shape index (κ2) is 8.78. The number of hydrogen-bond acceptors (Lipinski definition) is 5. The highest BCUT2D eigenvalue weighted by atomic mass is 32.2. The molecule has 0 aliphatic carbocycles. The summed E-state index contributed by atoms with van der Waals surface area (Å²) in [6.45, 7) is 4.41. The zero-order valence-electron chi connectivity index (χ0n) is 16.1. The molecule has 0 fully saturated rings. The van der Waals surface area contributed by atoms with Crippen molar-refractivity contribution in [2.75, 3.05) is 16.6 Å². The highest BCUT2D eigenvalue weighted by Gasteiger charge is 2.25. The number of amides is 1. The first-order valence-electron chi connectivity index (χ1n) is 9.12. The Morgan fingerprint density at radius 2 is 1.69 bits per heavy atom. The van der Waals surface area contributed by atoms with Crippen LogP contribution in [0.15, 0.2) is 59.8 Å². The van der Waals surface area contributed by atoms with Crippen LogP contribution in [-0.4, -0.2) is 31.1 Å². The number of anilines is 2. The molecule has 8 nitrogen and oxygen atoms in total. The summed E-state index contributed by atoms with van der Waals surface area (Å²) in [5.41, 5.74) is 1.96. The molecule has 0 aliphatic rings. The van der Waals surface area contributed by atoms with Crippen LogP contribution in [0.25, 0.3) is 0 Å². The van der Waals surface area contributed by atoms with Gasteiger partial charge in [-0.1, -0.05) is 19.1 Å². The fourth-order valence-electron chi connectivity index (χ4n) is 2.66. The van der Waals surface area contributed by atoms with Gasteiger partial charge in [0.25, 0.3) is 15.9 Å². The van der Waals surface area contributed by atoms with Crippen molar-refractivity contribution in [3.05, 3.63) is 65.9 Å². The molecule has 0 atom stereocenters. The van der Waals surface area contributed by atoms with E-state index in [2.05, 4.69) is 20.2 Å². The van der Waals surface area contributed by atoms with Crippen molar-refractivity contribution >= 4 is 27.3 Å². The Balaban J connectivity index is 1.77. The van der Waals surface area contributed by atoms with Gasteiger partial charge in [-0.3, -0.25) is 14.6 Å². The van der Waals surface area contributed by atoms with Crippen LogP contribution < -0.4 is 14.8 Å². The maximum atomic E-state index is 12.7. The number of ether oxygens (including phenoxy) is 1. The minimum Gasteiger partial charge on any atom is -0.494 e. The average Bonchev–Trinajstić information content (AvgIpc) is 3.21. The molecule has 0 radical (unpaired) electrons. The first kappa shape index (κ1) is 20.4. The van der Waals surface area contributed by atoms with Gasteiger partial charge < -0.3 is 10.1 Å². The quantitative estimate of drug-likeness (QED) is 0.523. The van der Waals surface area contributed by atoms with E-state index in [0.29, 0.717) is 23.7 Å². The van der Waals surface area contributed by atoms with Crippen molar-refractivity contribution in [3.63, 3.8) is 0 Å². The number of benzene rings is 2. The Morgan fingerprint density at radius 1 is 1.03 bits per heavy atom. The van der Waals surface area contributed by atoms with Crippen molar-refractivity contribution in [1.29, 1.82) is 0 Å². The normalized spacial score (nSPS) is 11.1. The highest BCUT2D eigenvalue weighted by Crippen LogP contribution is 2.21. The summed E-state index contributed by atoms with van der Waals surface area (Å²) in [6, 6.07) is 13.8. The van der Waals surface area contributed by atoms with E-state index in [1.54, 1.807) is 36.4 Å². The molecule has 152 valence electrons. The predicted molar refractivity (Wildman–Crippen MR) is 111 cm³/mol. The SMILES string of the molecule is CCOc1ccc(NS(=O)(=O)c2[nH]ncc2C(=O)Nc2ccc(CC)cc2)cc1. The van der Waals surface area contributed by atoms with Gasteiger partial charge in [-0.15, -0.1) is 0 Å². The average molecular weight is 414 g/mol. The number of carbonyl (C=O) groups is 1. The number of aryl methyl sites for hydroxylation is 1. The number of rotatable bonds is 8. The summed E-state index contributed by atoms with van der Waals surface area (Å²) in [6.07, 6.45) is 2.07. The molecule has 9 heteroatoms.